The predicted octanol–water partition coefficient (Wildman–Crippen LogP) is 2.97. The van der Waals surface area contributed by atoms with Crippen molar-refractivity contribution in [3.63, 3.8) is 0 Å². The third-order valence-electron chi connectivity index (χ3n) is 4.46. The maximum Gasteiger partial charge on any atom is 0.242 e. The first-order chi connectivity index (χ1) is 12.9. The minimum Gasteiger partial charge on any atom is -0.306 e. The SMILES string of the molecule is C[C@@H](NCc1cccc(S(=O)(=O)N(C)C)c1)c1cccc(-n2ccnc2)c1. The summed E-state index contributed by atoms with van der Waals surface area (Å²) in [7, 11) is -0.349. The summed E-state index contributed by atoms with van der Waals surface area (Å²) in [5, 5.41) is 3.46. The Bertz CT molecular complexity index is 998. The lowest BCUT2D eigenvalue weighted by Crippen LogP contribution is -2.23. The van der Waals surface area contributed by atoms with Gasteiger partial charge in [0.2, 0.25) is 10.0 Å². The molecule has 0 aliphatic rings. The van der Waals surface area contributed by atoms with E-state index in [9.17, 15) is 8.42 Å². The molecule has 0 aliphatic heterocycles. The van der Waals surface area contributed by atoms with Crippen LogP contribution in [-0.4, -0.2) is 36.4 Å². The molecule has 1 aromatic heterocycles. The summed E-state index contributed by atoms with van der Waals surface area (Å²) >= 11 is 0. The molecule has 142 valence electrons. The van der Waals surface area contributed by atoms with Gasteiger partial charge in [0.05, 0.1) is 11.2 Å². The maximum absolute atomic E-state index is 12.3. The quantitative estimate of drug-likeness (QED) is 0.680. The van der Waals surface area contributed by atoms with Gasteiger partial charge in [-0.15, -0.1) is 0 Å². The molecule has 6 nitrogen and oxygen atoms in total. The Kier molecular flexibility index (Phi) is 5.74. The minimum absolute atomic E-state index is 0.114. The van der Waals surface area contributed by atoms with Gasteiger partial charge < -0.3 is 9.88 Å². The number of nitrogens with zero attached hydrogens (tertiary/aromatic N) is 3. The number of aromatic nitrogens is 2. The summed E-state index contributed by atoms with van der Waals surface area (Å²) in [6.45, 7) is 2.67. The van der Waals surface area contributed by atoms with E-state index in [0.717, 1.165) is 16.8 Å². The molecule has 2 aromatic carbocycles. The smallest absolute Gasteiger partial charge is 0.242 e. The molecule has 0 saturated heterocycles. The Morgan fingerprint density at radius 2 is 1.93 bits per heavy atom. The standard InChI is InChI=1S/C20H24N4O2S/c1-16(18-7-5-8-19(13-18)24-11-10-21-15-24)22-14-17-6-4-9-20(12-17)27(25,26)23(2)3/h4-13,15-16,22H,14H2,1-3H3/t16-/m1/s1. The van der Waals surface area contributed by atoms with E-state index < -0.39 is 10.0 Å². The van der Waals surface area contributed by atoms with Crippen molar-refractivity contribution in [2.45, 2.75) is 24.4 Å². The fourth-order valence-corrected chi connectivity index (χ4v) is 3.75. The van der Waals surface area contributed by atoms with Gasteiger partial charge in [0.1, 0.15) is 0 Å². The normalized spacial score (nSPS) is 13.0. The van der Waals surface area contributed by atoms with Gasteiger partial charge in [-0.2, -0.15) is 0 Å². The largest absolute Gasteiger partial charge is 0.306 e. The highest BCUT2D eigenvalue weighted by Crippen LogP contribution is 2.19. The average Bonchev–Trinajstić information content (AvgIpc) is 3.21. The van der Waals surface area contributed by atoms with Crippen LogP contribution in [0.25, 0.3) is 5.69 Å². The van der Waals surface area contributed by atoms with Crippen LogP contribution in [0.1, 0.15) is 24.1 Å². The molecule has 7 heteroatoms. The van der Waals surface area contributed by atoms with Crippen LogP contribution in [0, 0.1) is 0 Å². The molecule has 3 rings (SSSR count). The Morgan fingerprint density at radius 3 is 2.63 bits per heavy atom. The van der Waals surface area contributed by atoms with Gasteiger partial charge in [-0.25, -0.2) is 17.7 Å². The highest BCUT2D eigenvalue weighted by molar-refractivity contribution is 7.89. The van der Waals surface area contributed by atoms with Gasteiger partial charge in [0, 0.05) is 44.8 Å². The van der Waals surface area contributed by atoms with Crippen molar-refractivity contribution in [2.75, 3.05) is 14.1 Å². The summed E-state index contributed by atoms with van der Waals surface area (Å²) in [6.07, 6.45) is 5.44. The number of nitrogens with one attached hydrogen (secondary N) is 1. The zero-order chi connectivity index (χ0) is 19.4. The second-order valence-electron chi connectivity index (χ2n) is 6.60. The third-order valence-corrected chi connectivity index (χ3v) is 6.27. The number of benzene rings is 2. The Morgan fingerprint density at radius 1 is 1.15 bits per heavy atom. The lowest BCUT2D eigenvalue weighted by atomic mass is 10.1. The number of rotatable bonds is 7. The summed E-state index contributed by atoms with van der Waals surface area (Å²) < 4.78 is 27.8. The fourth-order valence-electron chi connectivity index (χ4n) is 2.78. The predicted molar refractivity (Wildman–Crippen MR) is 106 cm³/mol. The van der Waals surface area contributed by atoms with Gasteiger partial charge in [-0.3, -0.25) is 0 Å². The van der Waals surface area contributed by atoms with Crippen molar-refractivity contribution in [1.29, 1.82) is 0 Å². The lowest BCUT2D eigenvalue weighted by molar-refractivity contribution is 0.520. The van der Waals surface area contributed by atoms with E-state index in [0.29, 0.717) is 11.4 Å². The molecule has 0 spiro atoms. The second-order valence-corrected chi connectivity index (χ2v) is 8.75. The molecule has 27 heavy (non-hydrogen) atoms. The summed E-state index contributed by atoms with van der Waals surface area (Å²) in [4.78, 5) is 4.39. The van der Waals surface area contributed by atoms with Crippen LogP contribution < -0.4 is 5.32 Å². The van der Waals surface area contributed by atoms with E-state index >= 15 is 0 Å². The summed E-state index contributed by atoms with van der Waals surface area (Å²) in [5.41, 5.74) is 3.13. The molecule has 0 saturated carbocycles. The second kappa shape index (κ2) is 8.04. The first-order valence-corrected chi connectivity index (χ1v) is 10.1. The number of imidazole rings is 1. The van der Waals surface area contributed by atoms with E-state index in [4.69, 9.17) is 0 Å². The average molecular weight is 385 g/mol. The molecule has 0 bridgehead atoms. The third kappa shape index (κ3) is 4.44. The number of sulfonamides is 1. The lowest BCUT2D eigenvalue weighted by Gasteiger charge is -2.17. The van der Waals surface area contributed by atoms with E-state index in [1.165, 1.54) is 18.4 Å². The van der Waals surface area contributed by atoms with Gasteiger partial charge >= 0.3 is 0 Å². The molecular formula is C20H24N4O2S. The molecule has 1 N–H and O–H groups in total. The molecular weight excluding hydrogens is 360 g/mol. The zero-order valence-electron chi connectivity index (χ0n) is 15.7. The molecule has 0 fully saturated rings. The Hall–Kier alpha value is -2.48. The van der Waals surface area contributed by atoms with E-state index in [1.807, 2.05) is 29.0 Å². The summed E-state index contributed by atoms with van der Waals surface area (Å²) in [5.74, 6) is 0. The van der Waals surface area contributed by atoms with Crippen LogP contribution in [0.4, 0.5) is 0 Å². The highest BCUT2D eigenvalue weighted by atomic mass is 32.2. The monoisotopic (exact) mass is 384 g/mol. The highest BCUT2D eigenvalue weighted by Gasteiger charge is 2.17. The summed E-state index contributed by atoms with van der Waals surface area (Å²) in [6, 6.07) is 15.4. The van der Waals surface area contributed by atoms with Gasteiger partial charge in [-0.05, 0) is 42.3 Å². The zero-order valence-corrected chi connectivity index (χ0v) is 16.5. The molecule has 1 atom stereocenters. The van der Waals surface area contributed by atoms with Crippen molar-refractivity contribution in [3.8, 4) is 5.69 Å². The Balaban J connectivity index is 1.71. The first-order valence-electron chi connectivity index (χ1n) is 8.71. The first kappa shape index (κ1) is 19.3. The molecule has 1 heterocycles. The van der Waals surface area contributed by atoms with Crippen LogP contribution in [0.3, 0.4) is 0 Å². The van der Waals surface area contributed by atoms with E-state index in [2.05, 4.69) is 29.4 Å². The van der Waals surface area contributed by atoms with Gasteiger partial charge in [0.15, 0.2) is 0 Å². The topological polar surface area (TPSA) is 67.2 Å². The fraction of sp³-hybridized carbons (Fsp3) is 0.250. The molecule has 0 unspecified atom stereocenters. The van der Waals surface area contributed by atoms with Crippen molar-refractivity contribution in [3.05, 3.63) is 78.4 Å². The van der Waals surface area contributed by atoms with Gasteiger partial charge in [-0.1, -0.05) is 24.3 Å². The van der Waals surface area contributed by atoms with Crippen LogP contribution in [0.2, 0.25) is 0 Å². The van der Waals surface area contributed by atoms with E-state index in [1.54, 1.807) is 30.7 Å². The maximum atomic E-state index is 12.3. The Labute approximate surface area is 160 Å². The minimum atomic E-state index is -3.42. The number of hydrogen-bond acceptors (Lipinski definition) is 4. The van der Waals surface area contributed by atoms with Crippen LogP contribution in [0.15, 0.2) is 72.1 Å². The van der Waals surface area contributed by atoms with Crippen LogP contribution >= 0.6 is 0 Å². The van der Waals surface area contributed by atoms with Crippen molar-refractivity contribution in [2.24, 2.45) is 0 Å². The van der Waals surface area contributed by atoms with Crippen molar-refractivity contribution < 1.29 is 8.42 Å². The molecule has 0 aliphatic carbocycles. The van der Waals surface area contributed by atoms with Crippen molar-refractivity contribution >= 4 is 10.0 Å². The molecule has 3 aromatic rings. The van der Waals surface area contributed by atoms with Crippen LogP contribution in [-0.2, 0) is 16.6 Å². The van der Waals surface area contributed by atoms with E-state index in [-0.39, 0.29) is 6.04 Å². The van der Waals surface area contributed by atoms with Crippen LogP contribution in [0.5, 0.6) is 0 Å². The molecule has 0 radical (unpaired) electrons. The van der Waals surface area contributed by atoms with Crippen molar-refractivity contribution in [1.82, 2.24) is 19.2 Å². The molecule has 0 amide bonds. The number of hydrogen-bond donors (Lipinski definition) is 1. The van der Waals surface area contributed by atoms with Gasteiger partial charge in [0.25, 0.3) is 0 Å².